The third-order valence-corrected chi connectivity index (χ3v) is 6.66. The Morgan fingerprint density at radius 3 is 2.58 bits per heavy atom. The van der Waals surface area contributed by atoms with Crippen LogP contribution in [-0.2, 0) is 25.9 Å². The number of imidazole rings is 1. The van der Waals surface area contributed by atoms with Gasteiger partial charge in [-0.05, 0) is 78.8 Å². The molecule has 164 valence electrons. The number of benzene rings is 3. The first kappa shape index (κ1) is 19.7. The molecule has 0 saturated heterocycles. The molecule has 2 aromatic heterocycles. The number of para-hydroxylation sites is 1. The minimum atomic E-state index is 0.574. The van der Waals surface area contributed by atoms with Gasteiger partial charge in [-0.15, -0.1) is 10.2 Å². The van der Waals surface area contributed by atoms with Crippen molar-refractivity contribution in [2.45, 2.75) is 39.8 Å². The summed E-state index contributed by atoms with van der Waals surface area (Å²) in [5.74, 6) is 0.678. The Bertz CT molecular complexity index is 1450. The van der Waals surface area contributed by atoms with Gasteiger partial charge in [0.05, 0.1) is 23.9 Å². The summed E-state index contributed by atoms with van der Waals surface area (Å²) in [4.78, 5) is 6.94. The van der Waals surface area contributed by atoms with E-state index in [4.69, 9.17) is 0 Å². The van der Waals surface area contributed by atoms with Gasteiger partial charge in [-0.25, -0.2) is 4.98 Å². The molecular formula is C26H25N7. The lowest BCUT2D eigenvalue weighted by atomic mass is 10.0. The number of aromatic amines is 1. The summed E-state index contributed by atoms with van der Waals surface area (Å²) >= 11 is 0. The lowest BCUT2D eigenvalue weighted by molar-refractivity contribution is 0.819. The van der Waals surface area contributed by atoms with Gasteiger partial charge in [0.1, 0.15) is 0 Å². The van der Waals surface area contributed by atoms with Gasteiger partial charge < -0.3 is 9.47 Å². The number of tetrazole rings is 1. The van der Waals surface area contributed by atoms with Gasteiger partial charge in [0.2, 0.25) is 0 Å². The Morgan fingerprint density at radius 1 is 0.879 bits per heavy atom. The Morgan fingerprint density at radius 2 is 1.70 bits per heavy atom. The molecule has 0 unspecified atom stereocenters. The molecule has 3 aromatic carbocycles. The van der Waals surface area contributed by atoms with E-state index in [1.54, 1.807) is 0 Å². The minimum Gasteiger partial charge on any atom is -0.333 e. The maximum Gasteiger partial charge on any atom is 0.194 e. The van der Waals surface area contributed by atoms with Crippen molar-refractivity contribution >= 4 is 22.4 Å². The largest absolute Gasteiger partial charge is 0.333 e. The second kappa shape index (κ2) is 7.85. The first-order chi connectivity index (χ1) is 16.2. The number of H-pyrrole nitrogens is 1. The zero-order valence-electron chi connectivity index (χ0n) is 18.8. The SMILES string of the molecule is Cc1cc2ncn(Cc3ccc4c(c3)CCc3ccccc3N4Cc3nn[nH]n3)c2cc1C. The number of rotatable bonds is 4. The van der Waals surface area contributed by atoms with E-state index in [0.717, 1.165) is 24.9 Å². The van der Waals surface area contributed by atoms with E-state index in [1.165, 1.54) is 44.7 Å². The van der Waals surface area contributed by atoms with Crippen LogP contribution in [0.15, 0.2) is 60.9 Å². The maximum atomic E-state index is 4.63. The monoisotopic (exact) mass is 435 g/mol. The van der Waals surface area contributed by atoms with Crippen molar-refractivity contribution in [2.75, 3.05) is 4.90 Å². The molecule has 7 heteroatoms. The third kappa shape index (κ3) is 3.55. The van der Waals surface area contributed by atoms with E-state index in [0.29, 0.717) is 12.4 Å². The van der Waals surface area contributed by atoms with E-state index < -0.39 is 0 Å². The third-order valence-electron chi connectivity index (χ3n) is 6.66. The minimum absolute atomic E-state index is 0.574. The maximum absolute atomic E-state index is 4.63. The van der Waals surface area contributed by atoms with Crippen LogP contribution < -0.4 is 4.90 Å². The van der Waals surface area contributed by atoms with Crippen molar-refractivity contribution in [1.82, 2.24) is 30.2 Å². The van der Waals surface area contributed by atoms with E-state index >= 15 is 0 Å². The molecule has 0 aliphatic carbocycles. The van der Waals surface area contributed by atoms with Gasteiger partial charge in [0, 0.05) is 17.9 Å². The van der Waals surface area contributed by atoms with E-state index in [2.05, 4.69) is 104 Å². The van der Waals surface area contributed by atoms with Crippen molar-refractivity contribution in [2.24, 2.45) is 0 Å². The molecule has 7 nitrogen and oxygen atoms in total. The highest BCUT2D eigenvalue weighted by Crippen LogP contribution is 2.37. The quantitative estimate of drug-likeness (QED) is 0.445. The number of nitrogens with one attached hydrogen (secondary N) is 1. The first-order valence-electron chi connectivity index (χ1n) is 11.3. The fourth-order valence-corrected chi connectivity index (χ4v) is 4.78. The highest BCUT2D eigenvalue weighted by Gasteiger charge is 2.22. The summed E-state index contributed by atoms with van der Waals surface area (Å²) in [6.07, 6.45) is 3.95. The van der Waals surface area contributed by atoms with Crippen LogP contribution in [0.25, 0.3) is 11.0 Å². The lowest BCUT2D eigenvalue weighted by Crippen LogP contribution is -2.19. The summed E-state index contributed by atoms with van der Waals surface area (Å²) in [5, 5.41) is 14.7. The number of hydrogen-bond acceptors (Lipinski definition) is 5. The van der Waals surface area contributed by atoms with Crippen LogP contribution in [-0.4, -0.2) is 30.2 Å². The summed E-state index contributed by atoms with van der Waals surface area (Å²) in [7, 11) is 0. The molecule has 0 spiro atoms. The zero-order chi connectivity index (χ0) is 22.4. The molecule has 1 aliphatic rings. The molecule has 1 N–H and O–H groups in total. The number of hydrogen-bond donors (Lipinski definition) is 1. The summed E-state index contributed by atoms with van der Waals surface area (Å²) in [6, 6.07) is 19.8. The molecule has 0 bridgehead atoms. The van der Waals surface area contributed by atoms with Crippen LogP contribution in [0.3, 0.4) is 0 Å². The number of nitrogens with zero attached hydrogens (tertiary/aromatic N) is 6. The molecule has 6 rings (SSSR count). The van der Waals surface area contributed by atoms with Crippen LogP contribution >= 0.6 is 0 Å². The second-order valence-corrected chi connectivity index (χ2v) is 8.80. The van der Waals surface area contributed by atoms with Crippen LogP contribution in [0, 0.1) is 13.8 Å². The highest BCUT2D eigenvalue weighted by molar-refractivity contribution is 5.77. The molecule has 5 aromatic rings. The fraction of sp³-hybridized carbons (Fsp3) is 0.231. The van der Waals surface area contributed by atoms with Crippen LogP contribution in [0.1, 0.15) is 33.6 Å². The second-order valence-electron chi connectivity index (χ2n) is 8.80. The smallest absolute Gasteiger partial charge is 0.194 e. The molecule has 1 aliphatic heterocycles. The fourth-order valence-electron chi connectivity index (χ4n) is 4.78. The average Bonchev–Trinajstić information content (AvgIpc) is 3.44. The Balaban J connectivity index is 1.38. The van der Waals surface area contributed by atoms with Gasteiger partial charge in [0.15, 0.2) is 5.82 Å². The number of aromatic nitrogens is 6. The standard InChI is InChI=1S/C26H25N7/c1-17-11-22-25(12-18(17)2)32(16-27-22)14-19-7-10-24-21(13-19)9-8-20-5-3-4-6-23(20)33(24)15-26-28-30-31-29-26/h3-7,10-13,16H,8-9,14-15H2,1-2H3,(H,28,29,30,31). The van der Waals surface area contributed by atoms with Crippen molar-refractivity contribution in [3.63, 3.8) is 0 Å². The molecule has 0 saturated carbocycles. The normalized spacial score (nSPS) is 13.1. The summed E-state index contributed by atoms with van der Waals surface area (Å²) in [5.41, 5.74) is 11.2. The topological polar surface area (TPSA) is 75.5 Å². The van der Waals surface area contributed by atoms with Crippen molar-refractivity contribution < 1.29 is 0 Å². The first-order valence-corrected chi connectivity index (χ1v) is 11.3. The van der Waals surface area contributed by atoms with Crippen LogP contribution in [0.5, 0.6) is 0 Å². The Labute approximate surface area is 192 Å². The van der Waals surface area contributed by atoms with Crippen LogP contribution in [0.2, 0.25) is 0 Å². The van der Waals surface area contributed by atoms with Crippen molar-refractivity contribution in [1.29, 1.82) is 0 Å². The number of fused-ring (bicyclic) bond motifs is 3. The van der Waals surface area contributed by atoms with Gasteiger partial charge in [-0.1, -0.05) is 35.5 Å². The van der Waals surface area contributed by atoms with Crippen LogP contribution in [0.4, 0.5) is 11.4 Å². The summed E-state index contributed by atoms with van der Waals surface area (Å²) < 4.78 is 2.24. The van der Waals surface area contributed by atoms with E-state index in [9.17, 15) is 0 Å². The summed E-state index contributed by atoms with van der Waals surface area (Å²) in [6.45, 7) is 5.66. The molecule has 33 heavy (non-hydrogen) atoms. The Hall–Kier alpha value is -4.00. The highest BCUT2D eigenvalue weighted by atomic mass is 15.5. The molecular weight excluding hydrogens is 410 g/mol. The van der Waals surface area contributed by atoms with Crippen molar-refractivity contribution in [3.05, 3.63) is 94.6 Å². The number of anilines is 2. The Kier molecular flexibility index (Phi) is 4.68. The molecule has 0 fully saturated rings. The van der Waals surface area contributed by atoms with Gasteiger partial charge in [-0.3, -0.25) is 0 Å². The molecule has 3 heterocycles. The lowest BCUT2D eigenvalue weighted by Gasteiger charge is -2.26. The number of aryl methyl sites for hydroxylation is 4. The predicted octanol–water partition coefficient (Wildman–Crippen LogP) is 4.65. The van der Waals surface area contributed by atoms with Crippen molar-refractivity contribution in [3.8, 4) is 0 Å². The van der Waals surface area contributed by atoms with Gasteiger partial charge >= 0.3 is 0 Å². The zero-order valence-corrected chi connectivity index (χ0v) is 18.8. The predicted molar refractivity (Wildman–Crippen MR) is 129 cm³/mol. The molecule has 0 radical (unpaired) electrons. The van der Waals surface area contributed by atoms with Gasteiger partial charge in [-0.2, -0.15) is 5.21 Å². The van der Waals surface area contributed by atoms with Gasteiger partial charge in [0.25, 0.3) is 0 Å². The average molecular weight is 436 g/mol. The van der Waals surface area contributed by atoms with E-state index in [-0.39, 0.29) is 0 Å². The molecule has 0 atom stereocenters. The van der Waals surface area contributed by atoms with E-state index in [1.807, 2.05) is 6.33 Å². The molecule has 0 amide bonds.